The average Bonchev–Trinajstić information content (AvgIpc) is 2.31. The van der Waals surface area contributed by atoms with Crippen molar-refractivity contribution in [2.45, 2.75) is 70.6 Å². The van der Waals surface area contributed by atoms with Crippen LogP contribution in [0.2, 0.25) is 0 Å². The second-order valence-electron chi connectivity index (χ2n) is 5.28. The molecule has 0 aromatic rings. The molecule has 1 aliphatic rings. The summed E-state index contributed by atoms with van der Waals surface area (Å²) < 4.78 is 11.9. The standard InChI is InChI=1S/C14H29NO2/c1-5-17-14(9-7-6-8-10-14)13(15-4)11-16-12(2)3/h12-13,15H,5-11H2,1-4H3. The predicted octanol–water partition coefficient (Wildman–Crippen LogP) is 2.74. The van der Waals surface area contributed by atoms with Crippen LogP contribution < -0.4 is 5.32 Å². The predicted molar refractivity (Wildman–Crippen MR) is 71.4 cm³/mol. The van der Waals surface area contributed by atoms with E-state index in [2.05, 4.69) is 26.1 Å². The first-order valence-corrected chi connectivity index (χ1v) is 7.07. The summed E-state index contributed by atoms with van der Waals surface area (Å²) in [6, 6.07) is 0.310. The minimum atomic E-state index is -0.00333. The summed E-state index contributed by atoms with van der Waals surface area (Å²) in [7, 11) is 2.02. The van der Waals surface area contributed by atoms with Gasteiger partial charge in [-0.05, 0) is 40.7 Å². The molecule has 0 radical (unpaired) electrons. The Morgan fingerprint density at radius 1 is 1.18 bits per heavy atom. The van der Waals surface area contributed by atoms with E-state index < -0.39 is 0 Å². The third-order valence-corrected chi connectivity index (χ3v) is 3.71. The van der Waals surface area contributed by atoms with Crippen molar-refractivity contribution in [2.24, 2.45) is 0 Å². The lowest BCUT2D eigenvalue weighted by molar-refractivity contribution is -0.108. The molecule has 3 nitrogen and oxygen atoms in total. The molecular weight excluding hydrogens is 214 g/mol. The molecule has 0 aliphatic heterocycles. The van der Waals surface area contributed by atoms with Gasteiger partial charge in [0, 0.05) is 6.61 Å². The Labute approximate surface area is 106 Å². The maximum atomic E-state index is 6.11. The molecule has 1 saturated carbocycles. The van der Waals surface area contributed by atoms with Gasteiger partial charge in [0.2, 0.25) is 0 Å². The maximum Gasteiger partial charge on any atom is 0.0857 e. The van der Waals surface area contributed by atoms with E-state index in [1.54, 1.807) is 0 Å². The summed E-state index contributed by atoms with van der Waals surface area (Å²) in [5.74, 6) is 0. The summed E-state index contributed by atoms with van der Waals surface area (Å²) in [5.41, 5.74) is -0.00333. The molecule has 1 unspecified atom stereocenters. The molecule has 0 heterocycles. The highest BCUT2D eigenvalue weighted by atomic mass is 16.5. The third kappa shape index (κ3) is 4.23. The van der Waals surface area contributed by atoms with E-state index in [9.17, 15) is 0 Å². The molecule has 0 amide bonds. The Morgan fingerprint density at radius 3 is 2.29 bits per heavy atom. The van der Waals surface area contributed by atoms with E-state index in [1.165, 1.54) is 19.3 Å². The number of ether oxygens (including phenoxy) is 2. The first-order valence-electron chi connectivity index (χ1n) is 7.07. The Kier molecular flexibility index (Phi) is 6.45. The zero-order valence-electron chi connectivity index (χ0n) is 11.9. The fourth-order valence-electron chi connectivity index (χ4n) is 2.82. The second-order valence-corrected chi connectivity index (χ2v) is 5.28. The fourth-order valence-corrected chi connectivity index (χ4v) is 2.82. The zero-order chi connectivity index (χ0) is 12.7. The SMILES string of the molecule is CCOC1(C(COC(C)C)NC)CCCCC1. The Balaban J connectivity index is 2.63. The van der Waals surface area contributed by atoms with Crippen LogP contribution in [0.4, 0.5) is 0 Å². The highest BCUT2D eigenvalue weighted by molar-refractivity contribution is 4.95. The van der Waals surface area contributed by atoms with Gasteiger partial charge in [-0.15, -0.1) is 0 Å². The number of nitrogens with one attached hydrogen (secondary N) is 1. The number of rotatable bonds is 7. The number of likely N-dealkylation sites (N-methyl/N-ethyl adjacent to an activating group) is 1. The second kappa shape index (κ2) is 7.34. The number of hydrogen-bond acceptors (Lipinski definition) is 3. The van der Waals surface area contributed by atoms with Gasteiger partial charge in [-0.2, -0.15) is 0 Å². The minimum absolute atomic E-state index is 0.00333. The highest BCUT2D eigenvalue weighted by Crippen LogP contribution is 2.34. The van der Waals surface area contributed by atoms with Gasteiger partial charge >= 0.3 is 0 Å². The van der Waals surface area contributed by atoms with E-state index in [4.69, 9.17) is 9.47 Å². The minimum Gasteiger partial charge on any atom is -0.377 e. The van der Waals surface area contributed by atoms with Gasteiger partial charge in [-0.25, -0.2) is 0 Å². The molecule has 1 fully saturated rings. The first-order chi connectivity index (χ1) is 8.14. The lowest BCUT2D eigenvalue weighted by Crippen LogP contribution is -2.55. The molecule has 0 aromatic heterocycles. The van der Waals surface area contributed by atoms with Gasteiger partial charge < -0.3 is 14.8 Å². The molecular formula is C14H29NO2. The van der Waals surface area contributed by atoms with Crippen LogP contribution in [0.3, 0.4) is 0 Å². The molecule has 3 heteroatoms. The molecule has 1 atom stereocenters. The summed E-state index contributed by atoms with van der Waals surface area (Å²) in [4.78, 5) is 0. The van der Waals surface area contributed by atoms with E-state index in [-0.39, 0.29) is 11.7 Å². The van der Waals surface area contributed by atoms with Crippen molar-refractivity contribution in [3.8, 4) is 0 Å². The Hall–Kier alpha value is -0.120. The molecule has 1 aliphatic carbocycles. The van der Waals surface area contributed by atoms with E-state index in [0.29, 0.717) is 6.04 Å². The van der Waals surface area contributed by atoms with Gasteiger partial charge in [0.25, 0.3) is 0 Å². The van der Waals surface area contributed by atoms with E-state index in [1.807, 2.05) is 7.05 Å². The molecule has 17 heavy (non-hydrogen) atoms. The normalized spacial score (nSPS) is 21.7. The van der Waals surface area contributed by atoms with Crippen LogP contribution in [-0.2, 0) is 9.47 Å². The molecule has 0 bridgehead atoms. The van der Waals surface area contributed by atoms with Crippen molar-refractivity contribution in [2.75, 3.05) is 20.3 Å². The summed E-state index contributed by atoms with van der Waals surface area (Å²) in [5, 5.41) is 3.40. The molecule has 1 N–H and O–H groups in total. The van der Waals surface area contributed by atoms with Gasteiger partial charge in [-0.1, -0.05) is 19.3 Å². The van der Waals surface area contributed by atoms with E-state index >= 15 is 0 Å². The van der Waals surface area contributed by atoms with Gasteiger partial charge in [-0.3, -0.25) is 0 Å². The van der Waals surface area contributed by atoms with Crippen LogP contribution in [0.15, 0.2) is 0 Å². The third-order valence-electron chi connectivity index (χ3n) is 3.71. The lowest BCUT2D eigenvalue weighted by Gasteiger charge is -2.43. The van der Waals surface area contributed by atoms with Crippen LogP contribution in [0, 0.1) is 0 Å². The van der Waals surface area contributed by atoms with Crippen LogP contribution >= 0.6 is 0 Å². The van der Waals surface area contributed by atoms with Crippen molar-refractivity contribution < 1.29 is 9.47 Å². The topological polar surface area (TPSA) is 30.5 Å². The molecule has 0 spiro atoms. The lowest BCUT2D eigenvalue weighted by atomic mass is 9.79. The van der Waals surface area contributed by atoms with Crippen molar-refractivity contribution in [3.05, 3.63) is 0 Å². The number of hydrogen-bond donors (Lipinski definition) is 1. The van der Waals surface area contributed by atoms with Crippen molar-refractivity contribution in [1.29, 1.82) is 0 Å². The van der Waals surface area contributed by atoms with Crippen molar-refractivity contribution in [3.63, 3.8) is 0 Å². The van der Waals surface area contributed by atoms with Gasteiger partial charge in [0.05, 0.1) is 24.4 Å². The largest absolute Gasteiger partial charge is 0.377 e. The Bertz CT molecular complexity index is 195. The maximum absolute atomic E-state index is 6.11. The molecule has 1 rings (SSSR count). The fraction of sp³-hybridized carbons (Fsp3) is 1.00. The van der Waals surface area contributed by atoms with Crippen molar-refractivity contribution >= 4 is 0 Å². The monoisotopic (exact) mass is 243 g/mol. The quantitative estimate of drug-likeness (QED) is 0.746. The van der Waals surface area contributed by atoms with Gasteiger partial charge in [0.1, 0.15) is 0 Å². The van der Waals surface area contributed by atoms with E-state index in [0.717, 1.165) is 26.1 Å². The summed E-state index contributed by atoms with van der Waals surface area (Å²) in [6.07, 6.45) is 6.51. The Morgan fingerprint density at radius 2 is 1.82 bits per heavy atom. The van der Waals surface area contributed by atoms with Crippen molar-refractivity contribution in [1.82, 2.24) is 5.32 Å². The summed E-state index contributed by atoms with van der Waals surface area (Å²) in [6.45, 7) is 7.79. The average molecular weight is 243 g/mol. The zero-order valence-corrected chi connectivity index (χ0v) is 11.9. The van der Waals surface area contributed by atoms with Crippen LogP contribution in [0.1, 0.15) is 52.9 Å². The smallest absolute Gasteiger partial charge is 0.0857 e. The molecule has 0 aromatic carbocycles. The van der Waals surface area contributed by atoms with Crippen LogP contribution in [0.5, 0.6) is 0 Å². The van der Waals surface area contributed by atoms with Crippen LogP contribution in [0.25, 0.3) is 0 Å². The van der Waals surface area contributed by atoms with Gasteiger partial charge in [0.15, 0.2) is 0 Å². The molecule has 102 valence electrons. The highest BCUT2D eigenvalue weighted by Gasteiger charge is 2.40. The summed E-state index contributed by atoms with van der Waals surface area (Å²) >= 11 is 0. The molecule has 0 saturated heterocycles. The van der Waals surface area contributed by atoms with Crippen LogP contribution in [-0.4, -0.2) is 38.0 Å². The first kappa shape index (κ1) is 14.9.